The number of aldehydes is 1. The summed E-state index contributed by atoms with van der Waals surface area (Å²) in [5.74, 6) is 0.00331. The first-order valence-electron chi connectivity index (χ1n) is 8.25. The van der Waals surface area contributed by atoms with Crippen LogP contribution in [0.5, 0.6) is 0 Å². The van der Waals surface area contributed by atoms with Gasteiger partial charge in [-0.1, -0.05) is 70.7 Å². The Morgan fingerprint density at radius 3 is 2.14 bits per heavy atom. The molecule has 0 aliphatic rings. The zero-order valence-electron chi connectivity index (χ0n) is 14.2. The molecule has 0 aromatic heterocycles. The Balaban J connectivity index is 0.000000409. The van der Waals surface area contributed by atoms with Crippen LogP contribution in [-0.4, -0.2) is 17.4 Å². The van der Waals surface area contributed by atoms with Gasteiger partial charge in [0.1, 0.15) is 6.29 Å². The minimum absolute atomic E-state index is 0.337. The van der Waals surface area contributed by atoms with Gasteiger partial charge in [-0.3, -0.25) is 9.59 Å². The summed E-state index contributed by atoms with van der Waals surface area (Å²) in [6, 6.07) is 7.77. The molecule has 1 aromatic rings. The molecule has 0 amide bonds. The lowest BCUT2D eigenvalue weighted by Gasteiger charge is -2.03. The van der Waals surface area contributed by atoms with Crippen molar-refractivity contribution in [3.8, 4) is 0 Å². The highest BCUT2D eigenvalue weighted by Gasteiger charge is 1.97. The second-order valence-corrected chi connectivity index (χ2v) is 6.02. The van der Waals surface area contributed by atoms with Crippen LogP contribution in [0.15, 0.2) is 24.3 Å². The molecule has 0 radical (unpaired) electrons. The number of rotatable bonds is 9. The average molecular weight is 306 g/mol. The molecule has 0 spiro atoms. The highest BCUT2D eigenvalue weighted by molar-refractivity contribution is 5.74. The molecule has 0 bridgehead atoms. The maximum absolute atomic E-state index is 10.3. The van der Waals surface area contributed by atoms with Crippen LogP contribution in [0.25, 0.3) is 0 Å². The summed E-state index contributed by atoms with van der Waals surface area (Å²) < 4.78 is 0. The molecule has 0 unspecified atom stereocenters. The predicted molar refractivity (Wildman–Crippen MR) is 91.4 cm³/mol. The van der Waals surface area contributed by atoms with E-state index in [1.165, 1.54) is 24.8 Å². The van der Waals surface area contributed by atoms with Gasteiger partial charge < -0.3 is 5.11 Å². The molecule has 1 rings (SSSR count). The minimum Gasteiger partial charge on any atom is -0.481 e. The monoisotopic (exact) mass is 306 g/mol. The van der Waals surface area contributed by atoms with Crippen molar-refractivity contribution in [3.63, 3.8) is 0 Å². The normalized spacial score (nSPS) is 10.0. The number of hydrogen-bond donors (Lipinski definition) is 1. The number of carboxylic acids is 1. The third kappa shape index (κ3) is 12.1. The third-order valence-corrected chi connectivity index (χ3v) is 3.25. The molecule has 22 heavy (non-hydrogen) atoms. The fourth-order valence-electron chi connectivity index (χ4n) is 2.08. The van der Waals surface area contributed by atoms with E-state index in [4.69, 9.17) is 5.11 Å². The van der Waals surface area contributed by atoms with Gasteiger partial charge >= 0.3 is 5.97 Å². The van der Waals surface area contributed by atoms with Crippen molar-refractivity contribution in [1.29, 1.82) is 0 Å². The molecule has 1 N–H and O–H groups in total. The molecule has 3 nitrogen and oxygen atoms in total. The van der Waals surface area contributed by atoms with Crippen LogP contribution in [-0.2, 0) is 11.2 Å². The number of carbonyl (C=O) groups excluding carboxylic acids is 1. The van der Waals surface area contributed by atoms with Gasteiger partial charge in [0.05, 0.1) is 0 Å². The quantitative estimate of drug-likeness (QED) is 0.508. The van der Waals surface area contributed by atoms with E-state index in [-0.39, 0.29) is 0 Å². The van der Waals surface area contributed by atoms with Gasteiger partial charge in [-0.05, 0) is 24.3 Å². The Kier molecular flexibility index (Phi) is 12.1. The van der Waals surface area contributed by atoms with Crippen LogP contribution in [0.1, 0.15) is 75.2 Å². The zero-order chi connectivity index (χ0) is 16.8. The van der Waals surface area contributed by atoms with Crippen LogP contribution in [0.3, 0.4) is 0 Å². The molecule has 1 aromatic carbocycles. The molecule has 0 saturated heterocycles. The largest absolute Gasteiger partial charge is 0.481 e. The van der Waals surface area contributed by atoms with Crippen LogP contribution in [0, 0.1) is 5.92 Å². The van der Waals surface area contributed by atoms with E-state index in [0.29, 0.717) is 12.3 Å². The number of unbranched alkanes of at least 4 members (excludes halogenated alkanes) is 4. The fraction of sp³-hybridized carbons (Fsp3) is 0.579. The Bertz CT molecular complexity index is 407. The highest BCUT2D eigenvalue weighted by Crippen LogP contribution is 2.08. The summed E-state index contributed by atoms with van der Waals surface area (Å²) >= 11 is 0. The van der Waals surface area contributed by atoms with E-state index in [1.54, 1.807) is 0 Å². The molecular formula is C19H30O3. The van der Waals surface area contributed by atoms with Crippen molar-refractivity contribution in [2.75, 3.05) is 0 Å². The average Bonchev–Trinajstić information content (AvgIpc) is 2.47. The van der Waals surface area contributed by atoms with E-state index in [9.17, 15) is 9.59 Å². The number of aliphatic carboxylic acids is 1. The highest BCUT2D eigenvalue weighted by atomic mass is 16.4. The molecule has 0 aliphatic heterocycles. The minimum atomic E-state index is -0.670. The summed E-state index contributed by atoms with van der Waals surface area (Å²) in [5.41, 5.74) is 2.05. The van der Waals surface area contributed by atoms with Crippen molar-refractivity contribution in [2.45, 2.75) is 65.7 Å². The molecule has 0 heterocycles. The summed E-state index contributed by atoms with van der Waals surface area (Å²) in [6.45, 7) is 6.53. The smallest absolute Gasteiger partial charge is 0.303 e. The van der Waals surface area contributed by atoms with E-state index in [1.807, 2.05) is 24.3 Å². The molecule has 3 heteroatoms. The maximum Gasteiger partial charge on any atom is 0.303 e. The second-order valence-electron chi connectivity index (χ2n) is 6.02. The number of benzene rings is 1. The number of carbonyl (C=O) groups is 2. The van der Waals surface area contributed by atoms with Gasteiger partial charge in [0.25, 0.3) is 0 Å². The molecular weight excluding hydrogens is 276 g/mol. The Morgan fingerprint density at radius 1 is 1.09 bits per heavy atom. The van der Waals surface area contributed by atoms with Crippen LogP contribution < -0.4 is 0 Å². The van der Waals surface area contributed by atoms with Gasteiger partial charge in [-0.2, -0.15) is 0 Å². The Morgan fingerprint density at radius 2 is 1.68 bits per heavy atom. The van der Waals surface area contributed by atoms with Crippen molar-refractivity contribution in [3.05, 3.63) is 35.4 Å². The molecule has 0 fully saturated rings. The summed E-state index contributed by atoms with van der Waals surface area (Å²) in [5, 5.41) is 8.27. The topological polar surface area (TPSA) is 54.4 Å². The molecule has 0 aliphatic carbocycles. The Labute approximate surface area is 134 Å². The van der Waals surface area contributed by atoms with Gasteiger partial charge in [-0.15, -0.1) is 0 Å². The first-order chi connectivity index (χ1) is 10.5. The maximum atomic E-state index is 10.3. The third-order valence-electron chi connectivity index (χ3n) is 3.25. The van der Waals surface area contributed by atoms with Gasteiger partial charge in [0.2, 0.25) is 0 Å². The van der Waals surface area contributed by atoms with Gasteiger partial charge in [-0.25, -0.2) is 0 Å². The van der Waals surface area contributed by atoms with E-state index < -0.39 is 5.97 Å². The first kappa shape index (κ1) is 20.4. The number of hydrogen-bond acceptors (Lipinski definition) is 2. The SMILES string of the molecule is CC(C)Cc1ccc(C=O)cc1.CCCCCCCC(=O)O. The summed E-state index contributed by atoms with van der Waals surface area (Å²) in [7, 11) is 0. The summed E-state index contributed by atoms with van der Waals surface area (Å²) in [4.78, 5) is 20.4. The fourth-order valence-corrected chi connectivity index (χ4v) is 2.08. The van der Waals surface area contributed by atoms with E-state index >= 15 is 0 Å². The summed E-state index contributed by atoms with van der Waals surface area (Å²) in [6.07, 6.45) is 7.84. The zero-order valence-corrected chi connectivity index (χ0v) is 14.2. The standard InChI is InChI=1S/C11H14O.C8H16O2/c1-9(2)7-10-3-5-11(8-12)6-4-10;1-2-3-4-5-6-7-8(9)10/h3-6,8-9H,7H2,1-2H3;2-7H2,1H3,(H,9,10). The van der Waals surface area contributed by atoms with E-state index in [0.717, 1.165) is 31.1 Å². The lowest BCUT2D eigenvalue weighted by Crippen LogP contribution is -1.93. The second kappa shape index (κ2) is 13.1. The Hall–Kier alpha value is -1.64. The first-order valence-corrected chi connectivity index (χ1v) is 8.25. The van der Waals surface area contributed by atoms with Crippen LogP contribution in [0.2, 0.25) is 0 Å². The predicted octanol–water partition coefficient (Wildman–Crippen LogP) is 5.13. The van der Waals surface area contributed by atoms with Crippen molar-refractivity contribution < 1.29 is 14.7 Å². The van der Waals surface area contributed by atoms with Crippen molar-refractivity contribution >= 4 is 12.3 Å². The van der Waals surface area contributed by atoms with Crippen LogP contribution >= 0.6 is 0 Å². The lowest BCUT2D eigenvalue weighted by atomic mass is 10.0. The van der Waals surface area contributed by atoms with E-state index in [2.05, 4.69) is 20.8 Å². The lowest BCUT2D eigenvalue weighted by molar-refractivity contribution is -0.137. The van der Waals surface area contributed by atoms with Gasteiger partial charge in [0, 0.05) is 12.0 Å². The van der Waals surface area contributed by atoms with Crippen molar-refractivity contribution in [2.24, 2.45) is 5.92 Å². The molecule has 0 atom stereocenters. The van der Waals surface area contributed by atoms with Crippen LogP contribution in [0.4, 0.5) is 0 Å². The van der Waals surface area contributed by atoms with Gasteiger partial charge in [0.15, 0.2) is 0 Å². The van der Waals surface area contributed by atoms with Crippen molar-refractivity contribution in [1.82, 2.24) is 0 Å². The molecule has 124 valence electrons. The number of carboxylic acid groups (broad SMARTS) is 1. The molecule has 0 saturated carbocycles.